The van der Waals surface area contributed by atoms with Crippen LogP contribution in [0.3, 0.4) is 0 Å². The normalized spacial score (nSPS) is 25.5. The first-order valence-electron chi connectivity index (χ1n) is 11.3. The number of amides is 2. The van der Waals surface area contributed by atoms with E-state index in [-0.39, 0.29) is 37.0 Å². The maximum absolute atomic E-state index is 13.5. The highest BCUT2D eigenvalue weighted by Crippen LogP contribution is 2.40. The fraction of sp³-hybridized carbons (Fsp3) is 0.636. The van der Waals surface area contributed by atoms with Gasteiger partial charge in [0, 0.05) is 25.2 Å². The Labute approximate surface area is 185 Å². The Morgan fingerprint density at radius 3 is 1.61 bits per heavy atom. The number of hydrogen-bond acceptors (Lipinski definition) is 4. The van der Waals surface area contributed by atoms with Crippen LogP contribution in [0.4, 0.5) is 11.4 Å². The largest absolute Gasteiger partial charge is 0.338 e. The third-order valence-electron chi connectivity index (χ3n) is 6.78. The first kappa shape index (κ1) is 21.9. The fourth-order valence-electron chi connectivity index (χ4n) is 4.95. The molecule has 1 aromatic rings. The lowest BCUT2D eigenvalue weighted by atomic mass is 10.0. The molecule has 3 heterocycles. The maximum atomic E-state index is 13.5. The van der Waals surface area contributed by atoms with E-state index in [1.54, 1.807) is 34.1 Å². The molecule has 31 heavy (non-hydrogen) atoms. The maximum Gasteiger partial charge on any atom is 0.327 e. The van der Waals surface area contributed by atoms with E-state index < -0.39 is 10.2 Å². The van der Waals surface area contributed by atoms with Crippen LogP contribution in [0.25, 0.3) is 0 Å². The molecule has 8 nitrogen and oxygen atoms in total. The lowest BCUT2D eigenvalue weighted by Gasteiger charge is -2.35. The van der Waals surface area contributed by atoms with Gasteiger partial charge in [-0.2, -0.15) is 8.42 Å². The molecule has 170 valence electrons. The smallest absolute Gasteiger partial charge is 0.327 e. The molecule has 2 fully saturated rings. The number of carbonyl (C=O) groups is 2. The highest BCUT2D eigenvalue weighted by atomic mass is 32.2. The van der Waals surface area contributed by atoms with Gasteiger partial charge in [-0.3, -0.25) is 9.59 Å². The van der Waals surface area contributed by atoms with Crippen molar-refractivity contribution >= 4 is 33.4 Å². The summed E-state index contributed by atoms with van der Waals surface area (Å²) < 4.78 is 29.3. The molecule has 9 heteroatoms. The molecule has 2 saturated heterocycles. The number of nitrogens with zero attached hydrogens (tertiary/aromatic N) is 4. The molecule has 0 radical (unpaired) electrons. The first-order valence-corrected chi connectivity index (χ1v) is 12.7. The Balaban J connectivity index is 1.57. The Bertz CT molecular complexity index is 882. The van der Waals surface area contributed by atoms with Crippen molar-refractivity contribution in [3.8, 4) is 0 Å². The predicted molar refractivity (Wildman–Crippen MR) is 120 cm³/mol. The van der Waals surface area contributed by atoms with Crippen molar-refractivity contribution in [1.82, 2.24) is 9.80 Å². The van der Waals surface area contributed by atoms with Crippen molar-refractivity contribution in [2.75, 3.05) is 34.8 Å². The minimum absolute atomic E-state index is 0.111. The molecule has 0 aliphatic carbocycles. The van der Waals surface area contributed by atoms with Crippen LogP contribution in [-0.2, 0) is 19.8 Å². The molecule has 0 bridgehead atoms. The molecule has 0 N–H and O–H groups in total. The van der Waals surface area contributed by atoms with Gasteiger partial charge in [0.15, 0.2) is 0 Å². The van der Waals surface area contributed by atoms with Crippen molar-refractivity contribution in [3.63, 3.8) is 0 Å². The molecule has 0 aromatic heterocycles. The van der Waals surface area contributed by atoms with Crippen molar-refractivity contribution < 1.29 is 18.0 Å². The minimum atomic E-state index is -4.02. The third-order valence-corrected chi connectivity index (χ3v) is 8.55. The summed E-state index contributed by atoms with van der Waals surface area (Å²) in [6, 6.07) is 7.14. The van der Waals surface area contributed by atoms with E-state index in [1.807, 2.05) is 13.8 Å². The van der Waals surface area contributed by atoms with Crippen molar-refractivity contribution in [2.24, 2.45) is 0 Å². The lowest BCUT2D eigenvalue weighted by molar-refractivity contribution is -0.133. The van der Waals surface area contributed by atoms with Gasteiger partial charge in [0.1, 0.15) is 13.1 Å². The highest BCUT2D eigenvalue weighted by Gasteiger charge is 2.43. The molecular formula is C22H32N4O4S. The number of piperidine rings is 2. The number of likely N-dealkylation sites (tertiary alicyclic amines) is 2. The Hall–Kier alpha value is -2.29. The van der Waals surface area contributed by atoms with Crippen molar-refractivity contribution in [3.05, 3.63) is 24.3 Å². The molecule has 4 rings (SSSR count). The summed E-state index contributed by atoms with van der Waals surface area (Å²) in [5.74, 6) is -0.383. The van der Waals surface area contributed by atoms with Gasteiger partial charge in [-0.15, -0.1) is 0 Å². The van der Waals surface area contributed by atoms with Crippen molar-refractivity contribution in [1.29, 1.82) is 0 Å². The molecule has 3 aliphatic rings. The summed E-state index contributed by atoms with van der Waals surface area (Å²) in [7, 11) is -4.02. The SMILES string of the molecule is CC1CCCCN1C(=O)CN1c2ccccc2N(CC(=O)N2CCCCC2C)S1(=O)=O. The predicted octanol–water partition coefficient (Wildman–Crippen LogP) is 2.36. The second kappa shape index (κ2) is 8.68. The van der Waals surface area contributed by atoms with E-state index in [4.69, 9.17) is 0 Å². The zero-order chi connectivity index (χ0) is 22.2. The molecule has 2 unspecified atom stereocenters. The summed E-state index contributed by atoms with van der Waals surface area (Å²) in [4.78, 5) is 29.6. The van der Waals surface area contributed by atoms with Gasteiger partial charge >= 0.3 is 10.2 Å². The van der Waals surface area contributed by atoms with Crippen LogP contribution >= 0.6 is 0 Å². The Morgan fingerprint density at radius 1 is 0.806 bits per heavy atom. The third kappa shape index (κ3) is 4.12. The van der Waals surface area contributed by atoms with Crippen molar-refractivity contribution in [2.45, 2.75) is 64.5 Å². The molecule has 0 spiro atoms. The average molecular weight is 449 g/mol. The number of anilines is 2. The Morgan fingerprint density at radius 2 is 1.23 bits per heavy atom. The van der Waals surface area contributed by atoms with Gasteiger partial charge in [0.2, 0.25) is 11.8 Å². The van der Waals surface area contributed by atoms with E-state index in [2.05, 4.69) is 0 Å². The van der Waals surface area contributed by atoms with Crippen LogP contribution < -0.4 is 8.61 Å². The van der Waals surface area contributed by atoms with E-state index in [9.17, 15) is 18.0 Å². The minimum Gasteiger partial charge on any atom is -0.338 e. The second-order valence-electron chi connectivity index (χ2n) is 8.87. The molecule has 3 aliphatic heterocycles. The van der Waals surface area contributed by atoms with Crippen LogP contribution in [0.1, 0.15) is 52.4 Å². The van der Waals surface area contributed by atoms with Gasteiger partial charge in [-0.1, -0.05) is 12.1 Å². The van der Waals surface area contributed by atoms with E-state index in [0.29, 0.717) is 24.5 Å². The standard InChI is InChI=1S/C22H32N4O4S/c1-17-9-5-7-13-23(17)21(27)15-25-19-11-3-4-12-20(19)26(31(25,29)30)16-22(28)24-14-8-6-10-18(24)2/h3-4,11-12,17-18H,5-10,13-16H2,1-2H3. The van der Waals surface area contributed by atoms with Gasteiger partial charge in [-0.05, 0) is 64.5 Å². The highest BCUT2D eigenvalue weighted by molar-refractivity contribution is 7.94. The van der Waals surface area contributed by atoms with Crippen LogP contribution in [0.15, 0.2) is 24.3 Å². The summed E-state index contributed by atoms with van der Waals surface area (Å²) in [5, 5.41) is 0. The van der Waals surface area contributed by atoms with Crippen LogP contribution in [0.2, 0.25) is 0 Å². The monoisotopic (exact) mass is 448 g/mol. The number of rotatable bonds is 4. The number of fused-ring (bicyclic) bond motifs is 1. The average Bonchev–Trinajstić information content (AvgIpc) is 2.95. The van der Waals surface area contributed by atoms with Gasteiger partial charge in [0.25, 0.3) is 0 Å². The van der Waals surface area contributed by atoms with Gasteiger partial charge < -0.3 is 9.80 Å². The summed E-state index contributed by atoms with van der Waals surface area (Å²) in [6.07, 6.45) is 5.91. The zero-order valence-electron chi connectivity index (χ0n) is 18.4. The summed E-state index contributed by atoms with van der Waals surface area (Å²) in [6.45, 7) is 4.85. The quantitative estimate of drug-likeness (QED) is 0.708. The summed E-state index contributed by atoms with van der Waals surface area (Å²) >= 11 is 0. The molecular weight excluding hydrogens is 416 g/mol. The summed E-state index contributed by atoms with van der Waals surface area (Å²) in [5.41, 5.74) is 0.917. The van der Waals surface area contributed by atoms with Gasteiger partial charge in [0.05, 0.1) is 11.4 Å². The Kier molecular flexibility index (Phi) is 6.14. The van der Waals surface area contributed by atoms with Crippen LogP contribution in [0.5, 0.6) is 0 Å². The van der Waals surface area contributed by atoms with Gasteiger partial charge in [-0.25, -0.2) is 8.61 Å². The molecule has 1 aromatic carbocycles. The van der Waals surface area contributed by atoms with E-state index in [0.717, 1.165) is 38.5 Å². The van der Waals surface area contributed by atoms with Crippen LogP contribution in [0, 0.1) is 0 Å². The van der Waals surface area contributed by atoms with E-state index >= 15 is 0 Å². The zero-order valence-corrected chi connectivity index (χ0v) is 19.2. The first-order chi connectivity index (χ1) is 14.8. The number of benzene rings is 1. The number of carbonyl (C=O) groups excluding carboxylic acids is 2. The van der Waals surface area contributed by atoms with Crippen LogP contribution in [-0.4, -0.2) is 68.3 Å². The number of hydrogen-bond donors (Lipinski definition) is 0. The number of para-hydroxylation sites is 2. The fourth-order valence-corrected chi connectivity index (χ4v) is 6.54. The molecule has 0 saturated carbocycles. The second-order valence-corrected chi connectivity index (χ2v) is 10.7. The lowest BCUT2D eigenvalue weighted by Crippen LogP contribution is -2.51. The topological polar surface area (TPSA) is 81.2 Å². The molecule has 2 amide bonds. The molecule has 2 atom stereocenters. The van der Waals surface area contributed by atoms with E-state index in [1.165, 1.54) is 8.61 Å².